The van der Waals surface area contributed by atoms with E-state index < -0.39 is 5.60 Å². The molecule has 0 amide bonds. The first-order chi connectivity index (χ1) is 9.57. The van der Waals surface area contributed by atoms with Crippen LogP contribution in [-0.4, -0.2) is 43.4 Å². The third kappa shape index (κ3) is 2.07. The van der Waals surface area contributed by atoms with Gasteiger partial charge in [0.05, 0.1) is 19.8 Å². The number of ether oxygens (including phenoxy) is 2. The summed E-state index contributed by atoms with van der Waals surface area (Å²) < 4.78 is 10.8. The zero-order valence-corrected chi connectivity index (χ0v) is 12.4. The average Bonchev–Trinajstić information content (AvgIpc) is 2.69. The molecule has 0 radical (unpaired) electrons. The molecule has 3 rings (SSSR count). The fourth-order valence-electron chi connectivity index (χ4n) is 3.84. The van der Waals surface area contributed by atoms with Crippen LogP contribution in [0.3, 0.4) is 0 Å². The van der Waals surface area contributed by atoms with E-state index in [1.54, 1.807) is 14.2 Å². The lowest BCUT2D eigenvalue weighted by Gasteiger charge is -2.42. The van der Waals surface area contributed by atoms with Gasteiger partial charge in [0.1, 0.15) is 11.5 Å². The Labute approximate surface area is 120 Å². The quantitative estimate of drug-likeness (QED) is 0.919. The highest BCUT2D eigenvalue weighted by atomic mass is 16.5. The molecule has 1 aromatic carbocycles. The second-order valence-corrected chi connectivity index (χ2v) is 6.06. The van der Waals surface area contributed by atoms with Gasteiger partial charge in [0, 0.05) is 17.6 Å². The smallest absolute Gasteiger partial charge is 0.125 e. The zero-order chi connectivity index (χ0) is 14.3. The number of rotatable bonds is 3. The van der Waals surface area contributed by atoms with Crippen molar-refractivity contribution in [1.29, 1.82) is 0 Å². The minimum atomic E-state index is -0.807. The van der Waals surface area contributed by atoms with Gasteiger partial charge in [0.2, 0.25) is 0 Å². The molecule has 20 heavy (non-hydrogen) atoms. The van der Waals surface area contributed by atoms with E-state index in [-0.39, 0.29) is 0 Å². The molecule has 1 aromatic rings. The summed E-state index contributed by atoms with van der Waals surface area (Å²) in [5.74, 6) is 1.51. The number of aliphatic hydroxyl groups is 1. The topological polar surface area (TPSA) is 41.9 Å². The van der Waals surface area contributed by atoms with Crippen LogP contribution in [0.25, 0.3) is 0 Å². The van der Waals surface area contributed by atoms with Crippen molar-refractivity contribution in [3.8, 4) is 11.5 Å². The second-order valence-electron chi connectivity index (χ2n) is 6.06. The number of nitrogens with zero attached hydrogens (tertiary/aromatic N) is 1. The van der Waals surface area contributed by atoms with E-state index in [4.69, 9.17) is 9.47 Å². The first-order valence-corrected chi connectivity index (χ1v) is 7.24. The number of benzene rings is 1. The highest BCUT2D eigenvalue weighted by molar-refractivity contribution is 5.44. The third-order valence-electron chi connectivity index (χ3n) is 5.04. The van der Waals surface area contributed by atoms with Crippen LogP contribution in [0.2, 0.25) is 0 Å². The summed E-state index contributed by atoms with van der Waals surface area (Å²) >= 11 is 0. The molecule has 2 bridgehead atoms. The first kappa shape index (κ1) is 13.7. The molecule has 0 aliphatic carbocycles. The summed E-state index contributed by atoms with van der Waals surface area (Å²) in [6, 6.07) is 6.61. The number of piperidine rings is 1. The summed E-state index contributed by atoms with van der Waals surface area (Å²) in [5, 5.41) is 11.2. The first-order valence-electron chi connectivity index (χ1n) is 7.24. The van der Waals surface area contributed by atoms with Crippen molar-refractivity contribution in [2.45, 2.75) is 43.4 Å². The Morgan fingerprint density at radius 3 is 2.35 bits per heavy atom. The monoisotopic (exact) mass is 277 g/mol. The summed E-state index contributed by atoms with van der Waals surface area (Å²) in [7, 11) is 5.47. The normalized spacial score (nSPS) is 33.2. The van der Waals surface area contributed by atoms with E-state index in [0.29, 0.717) is 12.1 Å². The van der Waals surface area contributed by atoms with Gasteiger partial charge in [-0.25, -0.2) is 0 Å². The van der Waals surface area contributed by atoms with Crippen molar-refractivity contribution in [2.75, 3.05) is 21.3 Å². The van der Waals surface area contributed by atoms with Crippen molar-refractivity contribution in [1.82, 2.24) is 4.90 Å². The van der Waals surface area contributed by atoms with Gasteiger partial charge in [0.15, 0.2) is 0 Å². The van der Waals surface area contributed by atoms with Gasteiger partial charge in [-0.15, -0.1) is 0 Å². The molecule has 2 saturated heterocycles. The predicted octanol–water partition coefficient (Wildman–Crippen LogP) is 2.15. The zero-order valence-electron chi connectivity index (χ0n) is 12.4. The number of methoxy groups -OCH3 is 2. The van der Waals surface area contributed by atoms with Crippen LogP contribution in [0, 0.1) is 0 Å². The van der Waals surface area contributed by atoms with Gasteiger partial charge >= 0.3 is 0 Å². The summed E-state index contributed by atoms with van der Waals surface area (Å²) in [6.07, 6.45) is 3.89. The molecule has 4 heteroatoms. The molecular formula is C16H23NO3. The van der Waals surface area contributed by atoms with E-state index in [9.17, 15) is 5.11 Å². The Bertz CT molecular complexity index is 488. The molecule has 2 unspecified atom stereocenters. The average molecular weight is 277 g/mol. The molecule has 110 valence electrons. The van der Waals surface area contributed by atoms with Crippen LogP contribution in [0.4, 0.5) is 0 Å². The minimum Gasteiger partial charge on any atom is -0.497 e. The predicted molar refractivity (Wildman–Crippen MR) is 77.2 cm³/mol. The van der Waals surface area contributed by atoms with Crippen LogP contribution in [0.15, 0.2) is 18.2 Å². The van der Waals surface area contributed by atoms with Gasteiger partial charge in [-0.1, -0.05) is 0 Å². The summed E-state index contributed by atoms with van der Waals surface area (Å²) in [5.41, 5.74) is 0.0578. The Morgan fingerprint density at radius 2 is 1.80 bits per heavy atom. The van der Waals surface area contributed by atoms with Crippen molar-refractivity contribution in [3.63, 3.8) is 0 Å². The largest absolute Gasteiger partial charge is 0.497 e. The highest BCUT2D eigenvalue weighted by Crippen LogP contribution is 2.47. The maximum atomic E-state index is 11.2. The summed E-state index contributed by atoms with van der Waals surface area (Å²) in [6.45, 7) is 0. The van der Waals surface area contributed by atoms with E-state index in [1.807, 2.05) is 18.2 Å². The molecule has 2 heterocycles. The maximum absolute atomic E-state index is 11.2. The van der Waals surface area contributed by atoms with Crippen LogP contribution >= 0.6 is 0 Å². The summed E-state index contributed by atoms with van der Waals surface area (Å²) in [4.78, 5) is 2.42. The Hall–Kier alpha value is -1.26. The van der Waals surface area contributed by atoms with Crippen molar-refractivity contribution >= 4 is 0 Å². The highest BCUT2D eigenvalue weighted by Gasteiger charge is 2.47. The van der Waals surface area contributed by atoms with E-state index in [2.05, 4.69) is 11.9 Å². The van der Waals surface area contributed by atoms with Crippen LogP contribution in [0.5, 0.6) is 11.5 Å². The lowest BCUT2D eigenvalue weighted by Crippen LogP contribution is -2.47. The molecule has 0 aromatic heterocycles. The van der Waals surface area contributed by atoms with Crippen LogP contribution in [0.1, 0.15) is 31.2 Å². The molecule has 2 aliphatic heterocycles. The van der Waals surface area contributed by atoms with Gasteiger partial charge in [0.25, 0.3) is 0 Å². The van der Waals surface area contributed by atoms with Crippen LogP contribution in [-0.2, 0) is 5.60 Å². The molecule has 0 saturated carbocycles. The lowest BCUT2D eigenvalue weighted by molar-refractivity contribution is -0.0507. The number of hydrogen-bond acceptors (Lipinski definition) is 4. The van der Waals surface area contributed by atoms with Gasteiger partial charge in [-0.05, 0) is 50.9 Å². The van der Waals surface area contributed by atoms with Crippen molar-refractivity contribution in [3.05, 3.63) is 23.8 Å². The SMILES string of the molecule is COc1ccc(OC)c(C2(O)CC3CCC(C2)N3C)c1. The lowest BCUT2D eigenvalue weighted by atomic mass is 9.80. The van der Waals surface area contributed by atoms with E-state index >= 15 is 0 Å². The molecule has 2 aliphatic rings. The Morgan fingerprint density at radius 1 is 1.15 bits per heavy atom. The molecule has 1 N–H and O–H groups in total. The third-order valence-corrected chi connectivity index (χ3v) is 5.04. The van der Waals surface area contributed by atoms with E-state index in [1.165, 1.54) is 12.8 Å². The molecular weight excluding hydrogens is 254 g/mol. The molecule has 2 atom stereocenters. The van der Waals surface area contributed by atoms with Crippen molar-refractivity contribution in [2.24, 2.45) is 0 Å². The fraction of sp³-hybridized carbons (Fsp3) is 0.625. The standard InChI is InChI=1S/C16H23NO3/c1-17-11-4-5-12(17)10-16(18,9-11)14-8-13(19-2)6-7-15(14)20-3/h6-8,11-12,18H,4-5,9-10H2,1-3H3. The molecule has 2 fully saturated rings. The minimum absolute atomic E-state index is 0.467. The van der Waals surface area contributed by atoms with Crippen LogP contribution < -0.4 is 9.47 Å². The van der Waals surface area contributed by atoms with Gasteiger partial charge in [-0.3, -0.25) is 0 Å². The number of fused-ring (bicyclic) bond motifs is 2. The second kappa shape index (κ2) is 4.93. The molecule has 4 nitrogen and oxygen atoms in total. The Balaban J connectivity index is 1.99. The van der Waals surface area contributed by atoms with E-state index in [0.717, 1.165) is 29.9 Å². The van der Waals surface area contributed by atoms with Gasteiger partial charge in [-0.2, -0.15) is 0 Å². The van der Waals surface area contributed by atoms with Gasteiger partial charge < -0.3 is 19.5 Å². The Kier molecular flexibility index (Phi) is 3.38. The van der Waals surface area contributed by atoms with Crippen molar-refractivity contribution < 1.29 is 14.6 Å². The number of hydrogen-bond donors (Lipinski definition) is 1. The molecule has 0 spiro atoms. The maximum Gasteiger partial charge on any atom is 0.125 e. The fourth-order valence-corrected chi connectivity index (χ4v) is 3.84.